The van der Waals surface area contributed by atoms with E-state index in [1.54, 1.807) is 36.5 Å². The van der Waals surface area contributed by atoms with E-state index in [0.29, 0.717) is 32.1 Å². The topological polar surface area (TPSA) is 105 Å². The van der Waals surface area contributed by atoms with Crippen LogP contribution in [0.5, 0.6) is 0 Å². The van der Waals surface area contributed by atoms with Gasteiger partial charge < -0.3 is 4.90 Å². The van der Waals surface area contributed by atoms with Gasteiger partial charge in [-0.25, -0.2) is 0 Å². The predicted molar refractivity (Wildman–Crippen MR) is 118 cm³/mol. The van der Waals surface area contributed by atoms with E-state index in [0.717, 1.165) is 0 Å². The lowest BCUT2D eigenvalue weighted by molar-refractivity contribution is -0.115. The number of carbonyl (C=O) groups is 4. The first-order valence-corrected chi connectivity index (χ1v) is 10.7. The highest BCUT2D eigenvalue weighted by atomic mass is 79.9. The van der Waals surface area contributed by atoms with Gasteiger partial charge in [0.1, 0.15) is 5.69 Å². The van der Waals surface area contributed by atoms with E-state index in [9.17, 15) is 19.2 Å². The van der Waals surface area contributed by atoms with Crippen molar-refractivity contribution in [3.05, 3.63) is 68.9 Å². The number of halogens is 2. The number of hydrogen-bond donors (Lipinski definition) is 0. The molecular formula is C21H13BrClN5O4. The summed E-state index contributed by atoms with van der Waals surface area (Å²) < 4.78 is 2.23. The lowest BCUT2D eigenvalue weighted by Gasteiger charge is -2.16. The summed E-state index contributed by atoms with van der Waals surface area (Å²) in [5.74, 6) is -2.40. The number of carbonyl (C=O) groups excluding carboxylic acids is 4. The molecule has 2 aliphatic heterocycles. The third-order valence-corrected chi connectivity index (χ3v) is 6.05. The third kappa shape index (κ3) is 3.32. The van der Waals surface area contributed by atoms with E-state index in [1.807, 2.05) is 0 Å². The highest BCUT2D eigenvalue weighted by molar-refractivity contribution is 9.10. The van der Waals surface area contributed by atoms with E-state index in [4.69, 9.17) is 11.6 Å². The van der Waals surface area contributed by atoms with Gasteiger partial charge in [0.2, 0.25) is 0 Å². The maximum absolute atomic E-state index is 12.4. The van der Waals surface area contributed by atoms with Crippen LogP contribution in [0.4, 0.5) is 11.4 Å². The van der Waals surface area contributed by atoms with Gasteiger partial charge in [-0.1, -0.05) is 32.7 Å². The fourth-order valence-corrected chi connectivity index (χ4v) is 4.34. The molecule has 0 fully saturated rings. The molecule has 3 heterocycles. The predicted octanol–water partition coefficient (Wildman–Crippen LogP) is 2.65. The van der Waals surface area contributed by atoms with Gasteiger partial charge in [0.05, 0.1) is 41.8 Å². The molecule has 0 saturated carbocycles. The number of ketones is 2. The summed E-state index contributed by atoms with van der Waals surface area (Å²) in [6.07, 6.45) is 1.64. The lowest BCUT2D eigenvalue weighted by Crippen LogP contribution is -2.32. The molecule has 32 heavy (non-hydrogen) atoms. The Kier molecular flexibility index (Phi) is 4.90. The van der Waals surface area contributed by atoms with Crippen LogP contribution in [0, 0.1) is 0 Å². The van der Waals surface area contributed by atoms with Crippen LogP contribution in [0.2, 0.25) is 5.02 Å². The quantitative estimate of drug-likeness (QED) is 0.485. The van der Waals surface area contributed by atoms with Crippen LogP contribution in [0.3, 0.4) is 0 Å². The Labute approximate surface area is 194 Å². The number of Topliss-reactive ketones (excluding diaryl/α,β-unsaturated/α-hetero) is 2. The lowest BCUT2D eigenvalue weighted by atomic mass is 10.1. The molecule has 0 unspecified atom stereocenters. The monoisotopic (exact) mass is 513 g/mol. The average Bonchev–Trinajstić information content (AvgIpc) is 3.39. The minimum absolute atomic E-state index is 0.0850. The minimum Gasteiger partial charge on any atom is -0.303 e. The van der Waals surface area contributed by atoms with E-state index < -0.39 is 23.4 Å². The van der Waals surface area contributed by atoms with Gasteiger partial charge >= 0.3 is 0 Å². The van der Waals surface area contributed by atoms with Gasteiger partial charge in [-0.15, -0.1) is 5.10 Å². The Morgan fingerprint density at radius 1 is 0.844 bits per heavy atom. The zero-order valence-electron chi connectivity index (χ0n) is 16.3. The molecule has 1 aromatic heterocycles. The van der Waals surface area contributed by atoms with Crippen LogP contribution in [-0.4, -0.2) is 44.9 Å². The van der Waals surface area contributed by atoms with Gasteiger partial charge in [0, 0.05) is 16.0 Å². The Morgan fingerprint density at radius 3 is 2.28 bits per heavy atom. The zero-order valence-corrected chi connectivity index (χ0v) is 18.6. The summed E-state index contributed by atoms with van der Waals surface area (Å²) in [7, 11) is 0. The number of rotatable bonds is 5. The third-order valence-electron chi connectivity index (χ3n) is 5.33. The molecule has 0 N–H and O–H groups in total. The van der Waals surface area contributed by atoms with Crippen molar-refractivity contribution in [1.82, 2.24) is 15.0 Å². The van der Waals surface area contributed by atoms with Crippen molar-refractivity contribution in [2.24, 2.45) is 0 Å². The highest BCUT2D eigenvalue weighted by Crippen LogP contribution is 2.33. The van der Waals surface area contributed by atoms with E-state index in [-0.39, 0.29) is 25.2 Å². The van der Waals surface area contributed by atoms with Gasteiger partial charge in [0.15, 0.2) is 0 Å². The molecule has 0 bridgehead atoms. The molecule has 0 saturated heterocycles. The number of nitrogens with zero attached hydrogens (tertiary/aromatic N) is 5. The van der Waals surface area contributed by atoms with Crippen molar-refractivity contribution in [3.63, 3.8) is 0 Å². The molecule has 0 aliphatic carbocycles. The molecule has 0 spiro atoms. The van der Waals surface area contributed by atoms with Crippen LogP contribution in [-0.2, 0) is 22.7 Å². The Morgan fingerprint density at radius 2 is 1.50 bits per heavy atom. The second-order valence-corrected chi connectivity index (χ2v) is 8.65. The number of anilines is 2. The second kappa shape index (κ2) is 7.64. The summed E-state index contributed by atoms with van der Waals surface area (Å²) in [4.78, 5) is 52.0. The second-order valence-electron chi connectivity index (χ2n) is 7.30. The standard InChI is InChI=1S/C21H13BrClN5O4/c22-11-1-3-17-14(7-11)18(29)21(32)28(17)10-13-9-26(25-24-13)5-6-27-16-4-2-12(23)8-15(16)19(30)20(27)31/h1-4,7-9H,5-6,10H2. The molecule has 5 rings (SSSR count). The summed E-state index contributed by atoms with van der Waals surface area (Å²) in [6, 6.07) is 9.82. The van der Waals surface area contributed by atoms with Crippen molar-refractivity contribution in [1.29, 1.82) is 0 Å². The molecule has 2 amide bonds. The van der Waals surface area contributed by atoms with E-state index >= 15 is 0 Å². The normalized spacial score (nSPS) is 15.1. The molecule has 3 aromatic rings. The summed E-state index contributed by atoms with van der Waals surface area (Å²) in [5, 5.41) is 8.50. The smallest absolute Gasteiger partial charge is 0.299 e. The fourth-order valence-electron chi connectivity index (χ4n) is 3.81. The van der Waals surface area contributed by atoms with Crippen LogP contribution < -0.4 is 9.80 Å². The van der Waals surface area contributed by atoms with Gasteiger partial charge in [-0.05, 0) is 36.4 Å². The van der Waals surface area contributed by atoms with Gasteiger partial charge in [0.25, 0.3) is 23.4 Å². The number of amides is 2. The molecule has 2 aliphatic rings. The minimum atomic E-state index is -0.621. The van der Waals surface area contributed by atoms with Crippen LogP contribution >= 0.6 is 27.5 Å². The van der Waals surface area contributed by atoms with Crippen LogP contribution in [0.1, 0.15) is 26.4 Å². The number of hydrogen-bond acceptors (Lipinski definition) is 6. The van der Waals surface area contributed by atoms with Crippen LogP contribution in [0.15, 0.2) is 47.1 Å². The first kappa shape index (κ1) is 20.5. The van der Waals surface area contributed by atoms with Crippen molar-refractivity contribution in [3.8, 4) is 0 Å². The first-order chi connectivity index (χ1) is 15.3. The molecule has 2 aromatic carbocycles. The maximum atomic E-state index is 12.4. The van der Waals surface area contributed by atoms with Gasteiger partial charge in [-0.2, -0.15) is 0 Å². The first-order valence-electron chi connectivity index (χ1n) is 9.54. The largest absolute Gasteiger partial charge is 0.303 e. The molecular weight excluding hydrogens is 502 g/mol. The number of aromatic nitrogens is 3. The van der Waals surface area contributed by atoms with Crippen LogP contribution in [0.25, 0.3) is 0 Å². The molecule has 9 nitrogen and oxygen atoms in total. The molecule has 0 radical (unpaired) electrons. The van der Waals surface area contributed by atoms with E-state index in [1.165, 1.54) is 20.5 Å². The molecule has 11 heteroatoms. The molecule has 160 valence electrons. The fraction of sp³-hybridized carbons (Fsp3) is 0.143. The SMILES string of the molecule is O=C1C(=O)N(CCn2cc(CN3C(=O)C(=O)c4cc(Br)ccc43)nn2)c2ccc(Cl)cc21. The highest BCUT2D eigenvalue weighted by Gasteiger charge is 2.37. The summed E-state index contributed by atoms with van der Waals surface area (Å²) in [6.45, 7) is 0.576. The van der Waals surface area contributed by atoms with Crippen molar-refractivity contribution in [2.45, 2.75) is 13.1 Å². The zero-order chi connectivity index (χ0) is 22.6. The average molecular weight is 515 g/mol. The van der Waals surface area contributed by atoms with Crippen molar-refractivity contribution < 1.29 is 19.2 Å². The Hall–Kier alpha value is -3.37. The summed E-state index contributed by atoms with van der Waals surface area (Å²) >= 11 is 9.24. The molecule has 0 atom stereocenters. The van der Waals surface area contributed by atoms with Crippen molar-refractivity contribution >= 4 is 62.3 Å². The summed E-state index contributed by atoms with van der Waals surface area (Å²) in [5.41, 5.74) is 2.14. The number of benzene rings is 2. The van der Waals surface area contributed by atoms with Gasteiger partial charge in [-0.3, -0.25) is 28.8 Å². The van der Waals surface area contributed by atoms with E-state index in [2.05, 4.69) is 26.2 Å². The number of fused-ring (bicyclic) bond motifs is 2. The Balaban J connectivity index is 1.30. The Bertz CT molecular complexity index is 1340. The van der Waals surface area contributed by atoms with Crippen molar-refractivity contribution in [2.75, 3.05) is 16.3 Å². The maximum Gasteiger partial charge on any atom is 0.299 e.